The summed E-state index contributed by atoms with van der Waals surface area (Å²) in [7, 11) is 0. The first-order valence-corrected chi connectivity index (χ1v) is 9.83. The van der Waals surface area contributed by atoms with Crippen molar-refractivity contribution in [2.75, 3.05) is 6.54 Å². The van der Waals surface area contributed by atoms with Gasteiger partial charge in [0.05, 0.1) is 12.5 Å². The average Bonchev–Trinajstić information content (AvgIpc) is 3.28. The number of nitrogens with one attached hydrogen (secondary N) is 1. The first-order valence-electron chi connectivity index (χ1n) is 9.83. The summed E-state index contributed by atoms with van der Waals surface area (Å²) in [6, 6.07) is 11.4. The minimum absolute atomic E-state index is 0.0217. The SMILES string of the molecule is Cc1cc(C(F)(F)F)nc(CNC(=O)[C@@H]2C[C@H](c3ccccc3)N3CCC[C@@H]23)n1. The Kier molecular flexibility index (Phi) is 5.29. The summed E-state index contributed by atoms with van der Waals surface area (Å²) in [5.41, 5.74) is 0.441. The van der Waals surface area contributed by atoms with Crippen molar-refractivity contribution in [1.29, 1.82) is 0 Å². The fourth-order valence-electron chi connectivity index (χ4n) is 4.60. The number of nitrogens with zero attached hydrogens (tertiary/aromatic N) is 3. The van der Waals surface area contributed by atoms with E-state index >= 15 is 0 Å². The number of halogens is 3. The Morgan fingerprint density at radius 1 is 1.24 bits per heavy atom. The van der Waals surface area contributed by atoms with Gasteiger partial charge in [-0.1, -0.05) is 30.3 Å². The van der Waals surface area contributed by atoms with Crippen LogP contribution < -0.4 is 5.32 Å². The molecule has 1 aromatic carbocycles. The van der Waals surface area contributed by atoms with Crippen LogP contribution >= 0.6 is 0 Å². The highest BCUT2D eigenvalue weighted by molar-refractivity contribution is 5.80. The van der Waals surface area contributed by atoms with E-state index < -0.39 is 11.9 Å². The van der Waals surface area contributed by atoms with Gasteiger partial charge in [0.2, 0.25) is 5.91 Å². The quantitative estimate of drug-likeness (QED) is 0.845. The number of carbonyl (C=O) groups excluding carboxylic acids is 1. The molecule has 29 heavy (non-hydrogen) atoms. The van der Waals surface area contributed by atoms with Crippen molar-refractivity contribution in [3.05, 3.63) is 59.2 Å². The molecular formula is C21H23F3N4O. The molecule has 2 saturated heterocycles. The number of carbonyl (C=O) groups is 1. The molecule has 154 valence electrons. The third kappa shape index (κ3) is 4.12. The van der Waals surface area contributed by atoms with Crippen molar-refractivity contribution in [2.45, 2.75) is 51.0 Å². The first-order chi connectivity index (χ1) is 13.8. The lowest BCUT2D eigenvalue weighted by atomic mass is 9.93. The van der Waals surface area contributed by atoms with Crippen molar-refractivity contribution in [2.24, 2.45) is 5.92 Å². The van der Waals surface area contributed by atoms with Crippen LogP contribution in [0.2, 0.25) is 0 Å². The van der Waals surface area contributed by atoms with Gasteiger partial charge in [-0.05, 0) is 44.4 Å². The van der Waals surface area contributed by atoms with Crippen LogP contribution in [0.5, 0.6) is 0 Å². The molecule has 3 heterocycles. The standard InChI is InChI=1S/C21H23F3N4O/c1-13-10-18(21(22,23)24)27-19(26-13)12-25-20(29)15-11-17(14-6-3-2-4-7-14)28-9-5-8-16(15)28/h2-4,6-7,10,15-17H,5,8-9,11-12H2,1H3,(H,25,29)/t15-,16+,17-/m1/s1. The molecule has 8 heteroatoms. The van der Waals surface area contributed by atoms with E-state index in [4.69, 9.17) is 0 Å². The summed E-state index contributed by atoms with van der Waals surface area (Å²) in [6.45, 7) is 2.34. The number of benzene rings is 1. The van der Waals surface area contributed by atoms with Crippen LogP contribution in [0, 0.1) is 12.8 Å². The minimum atomic E-state index is -4.54. The summed E-state index contributed by atoms with van der Waals surface area (Å²) in [4.78, 5) is 22.9. The number of alkyl halides is 3. The monoisotopic (exact) mass is 404 g/mol. The number of amides is 1. The van der Waals surface area contributed by atoms with E-state index in [0.29, 0.717) is 6.42 Å². The van der Waals surface area contributed by atoms with Gasteiger partial charge in [-0.15, -0.1) is 0 Å². The van der Waals surface area contributed by atoms with Crippen molar-refractivity contribution < 1.29 is 18.0 Å². The van der Waals surface area contributed by atoms with Gasteiger partial charge >= 0.3 is 6.18 Å². The van der Waals surface area contributed by atoms with Crippen molar-refractivity contribution in [3.63, 3.8) is 0 Å². The second-order valence-corrected chi connectivity index (χ2v) is 7.74. The van der Waals surface area contributed by atoms with Gasteiger partial charge in [0.25, 0.3) is 0 Å². The molecule has 0 radical (unpaired) electrons. The normalized spacial score (nSPS) is 24.5. The van der Waals surface area contributed by atoms with Crippen LogP contribution in [0.15, 0.2) is 36.4 Å². The topological polar surface area (TPSA) is 58.1 Å². The van der Waals surface area contributed by atoms with E-state index in [-0.39, 0.29) is 42.0 Å². The van der Waals surface area contributed by atoms with Gasteiger partial charge in [-0.2, -0.15) is 13.2 Å². The lowest BCUT2D eigenvalue weighted by molar-refractivity contribution is -0.141. The Labute approximate surface area is 167 Å². The van der Waals surface area contributed by atoms with Crippen LogP contribution in [-0.2, 0) is 17.5 Å². The second-order valence-electron chi connectivity index (χ2n) is 7.74. The summed E-state index contributed by atoms with van der Waals surface area (Å²) in [5, 5.41) is 2.77. The Morgan fingerprint density at radius 3 is 2.72 bits per heavy atom. The van der Waals surface area contributed by atoms with Gasteiger partial charge in [-0.25, -0.2) is 9.97 Å². The van der Waals surface area contributed by atoms with E-state index in [1.165, 1.54) is 12.5 Å². The van der Waals surface area contributed by atoms with E-state index in [1.807, 2.05) is 18.2 Å². The molecule has 1 N–H and O–H groups in total. The van der Waals surface area contributed by atoms with E-state index in [9.17, 15) is 18.0 Å². The van der Waals surface area contributed by atoms with E-state index in [2.05, 4.69) is 32.3 Å². The van der Waals surface area contributed by atoms with Gasteiger partial charge in [-0.3, -0.25) is 9.69 Å². The molecule has 0 unspecified atom stereocenters. The molecule has 4 rings (SSSR count). The predicted octanol–water partition coefficient (Wildman–Crippen LogP) is 3.65. The number of aryl methyl sites for hydroxylation is 1. The zero-order valence-electron chi connectivity index (χ0n) is 16.1. The highest BCUT2D eigenvalue weighted by atomic mass is 19.4. The molecule has 1 amide bonds. The van der Waals surface area contributed by atoms with Crippen LogP contribution in [0.3, 0.4) is 0 Å². The number of aromatic nitrogens is 2. The van der Waals surface area contributed by atoms with Crippen molar-refractivity contribution >= 4 is 5.91 Å². The van der Waals surface area contributed by atoms with Gasteiger partial charge in [0, 0.05) is 17.8 Å². The molecular weight excluding hydrogens is 381 g/mol. The van der Waals surface area contributed by atoms with Crippen molar-refractivity contribution in [3.8, 4) is 0 Å². The maximum absolute atomic E-state index is 13.0. The molecule has 3 atom stereocenters. The largest absolute Gasteiger partial charge is 0.433 e. The Bertz CT molecular complexity index is 887. The summed E-state index contributed by atoms with van der Waals surface area (Å²) in [6.07, 6.45) is -1.82. The zero-order chi connectivity index (χ0) is 20.6. The van der Waals surface area contributed by atoms with Crippen LogP contribution in [-0.4, -0.2) is 33.4 Å². The average molecular weight is 404 g/mol. The fourth-order valence-corrected chi connectivity index (χ4v) is 4.60. The molecule has 2 aliphatic heterocycles. The fraction of sp³-hybridized carbons (Fsp3) is 0.476. The number of hydrogen-bond acceptors (Lipinski definition) is 4. The van der Waals surface area contributed by atoms with E-state index in [1.54, 1.807) is 0 Å². The highest BCUT2D eigenvalue weighted by Crippen LogP contribution is 2.44. The van der Waals surface area contributed by atoms with Crippen LogP contribution in [0.25, 0.3) is 0 Å². The lowest BCUT2D eigenvalue weighted by Crippen LogP contribution is -2.37. The molecule has 5 nitrogen and oxygen atoms in total. The Morgan fingerprint density at radius 2 is 2.00 bits per heavy atom. The molecule has 0 spiro atoms. The molecule has 0 aliphatic carbocycles. The number of rotatable bonds is 4. The Balaban J connectivity index is 1.46. The zero-order valence-corrected chi connectivity index (χ0v) is 16.1. The molecule has 2 aliphatic rings. The molecule has 0 saturated carbocycles. The molecule has 0 bridgehead atoms. The third-order valence-electron chi connectivity index (χ3n) is 5.82. The smallest absolute Gasteiger partial charge is 0.349 e. The van der Waals surface area contributed by atoms with Gasteiger partial charge < -0.3 is 5.32 Å². The van der Waals surface area contributed by atoms with Crippen LogP contribution in [0.1, 0.15) is 48.1 Å². The highest BCUT2D eigenvalue weighted by Gasteiger charge is 2.47. The second kappa shape index (κ2) is 7.74. The summed E-state index contributed by atoms with van der Waals surface area (Å²) in [5.74, 6) is -0.347. The maximum Gasteiger partial charge on any atom is 0.433 e. The first kappa shape index (κ1) is 19.8. The Hall–Kier alpha value is -2.48. The van der Waals surface area contributed by atoms with E-state index in [0.717, 1.165) is 25.5 Å². The molecule has 2 aromatic rings. The molecule has 2 fully saturated rings. The summed E-state index contributed by atoms with van der Waals surface area (Å²) < 4.78 is 38.9. The lowest BCUT2D eigenvalue weighted by Gasteiger charge is -2.24. The van der Waals surface area contributed by atoms with Crippen LogP contribution in [0.4, 0.5) is 13.2 Å². The molecule has 1 aromatic heterocycles. The summed E-state index contributed by atoms with van der Waals surface area (Å²) >= 11 is 0. The predicted molar refractivity (Wildman–Crippen MR) is 101 cm³/mol. The maximum atomic E-state index is 13.0. The van der Waals surface area contributed by atoms with Gasteiger partial charge in [0.15, 0.2) is 0 Å². The van der Waals surface area contributed by atoms with Crippen molar-refractivity contribution in [1.82, 2.24) is 20.2 Å². The van der Waals surface area contributed by atoms with Gasteiger partial charge in [0.1, 0.15) is 11.5 Å². The number of hydrogen-bond donors (Lipinski definition) is 1. The minimum Gasteiger partial charge on any atom is -0.349 e. The third-order valence-corrected chi connectivity index (χ3v) is 5.82. The number of fused-ring (bicyclic) bond motifs is 1.